The van der Waals surface area contributed by atoms with Crippen LogP contribution in [0.1, 0.15) is 22.6 Å². The Bertz CT molecular complexity index is 744. The van der Waals surface area contributed by atoms with E-state index >= 15 is 0 Å². The van der Waals surface area contributed by atoms with Crippen LogP contribution in [0.4, 0.5) is 0 Å². The highest BCUT2D eigenvalue weighted by Gasteiger charge is 2.11. The van der Waals surface area contributed by atoms with Crippen LogP contribution in [0.3, 0.4) is 0 Å². The van der Waals surface area contributed by atoms with E-state index in [0.717, 1.165) is 29.2 Å². The topological polar surface area (TPSA) is 30.7 Å². The van der Waals surface area contributed by atoms with Crippen molar-refractivity contribution < 1.29 is 0 Å². The molecule has 0 radical (unpaired) electrons. The third-order valence-corrected chi connectivity index (χ3v) is 3.63. The Labute approximate surface area is 123 Å². The molecule has 2 heterocycles. The van der Waals surface area contributed by atoms with Gasteiger partial charge in [-0.2, -0.15) is 0 Å². The van der Waals surface area contributed by atoms with E-state index in [1.165, 1.54) is 11.1 Å². The van der Waals surface area contributed by atoms with Crippen molar-refractivity contribution in [3.8, 4) is 0 Å². The number of hydrogen-bond donors (Lipinski definition) is 0. The first-order valence-corrected chi connectivity index (χ1v) is 7.15. The van der Waals surface area contributed by atoms with Crippen molar-refractivity contribution in [2.45, 2.75) is 26.3 Å². The summed E-state index contributed by atoms with van der Waals surface area (Å²) in [5, 5.41) is 0. The highest BCUT2D eigenvalue weighted by atomic mass is 35.5. The zero-order valence-corrected chi connectivity index (χ0v) is 12.4. The molecule has 0 aliphatic rings. The molecule has 2 aromatic heterocycles. The molecule has 20 heavy (non-hydrogen) atoms. The Morgan fingerprint density at radius 3 is 2.45 bits per heavy atom. The van der Waals surface area contributed by atoms with Gasteiger partial charge in [-0.1, -0.05) is 29.8 Å². The van der Waals surface area contributed by atoms with Gasteiger partial charge in [0.05, 0.1) is 12.4 Å². The zero-order valence-electron chi connectivity index (χ0n) is 11.6. The van der Waals surface area contributed by atoms with Gasteiger partial charge < -0.3 is 4.57 Å². The number of hydrogen-bond acceptors (Lipinski definition) is 2. The number of pyridine rings is 1. The number of rotatable bonds is 3. The van der Waals surface area contributed by atoms with Crippen molar-refractivity contribution in [3.05, 3.63) is 59.0 Å². The lowest BCUT2D eigenvalue weighted by Crippen LogP contribution is -2.05. The molecule has 0 bridgehead atoms. The summed E-state index contributed by atoms with van der Waals surface area (Å²) in [5.41, 5.74) is 5.28. The first-order valence-electron chi connectivity index (χ1n) is 6.61. The molecular weight excluding hydrogens is 270 g/mol. The SMILES string of the molecule is Cc1ccc(Cn2c(CCl)nc3ccc(C)nc32)cc1. The highest BCUT2D eigenvalue weighted by molar-refractivity contribution is 6.16. The van der Waals surface area contributed by atoms with Crippen LogP contribution >= 0.6 is 11.6 Å². The zero-order chi connectivity index (χ0) is 14.1. The van der Waals surface area contributed by atoms with Gasteiger partial charge in [0.2, 0.25) is 0 Å². The lowest BCUT2D eigenvalue weighted by Gasteiger charge is -2.08. The smallest absolute Gasteiger partial charge is 0.160 e. The van der Waals surface area contributed by atoms with Gasteiger partial charge in [-0.3, -0.25) is 0 Å². The number of aryl methyl sites for hydroxylation is 2. The van der Waals surface area contributed by atoms with Crippen LogP contribution in [-0.2, 0) is 12.4 Å². The third-order valence-electron chi connectivity index (χ3n) is 3.39. The van der Waals surface area contributed by atoms with Crippen molar-refractivity contribution in [2.75, 3.05) is 0 Å². The molecule has 0 aliphatic heterocycles. The fourth-order valence-corrected chi connectivity index (χ4v) is 2.49. The van der Waals surface area contributed by atoms with Crippen LogP contribution in [0.2, 0.25) is 0 Å². The van der Waals surface area contributed by atoms with Crippen LogP contribution in [-0.4, -0.2) is 14.5 Å². The van der Waals surface area contributed by atoms with Crippen molar-refractivity contribution in [2.24, 2.45) is 0 Å². The summed E-state index contributed by atoms with van der Waals surface area (Å²) in [7, 11) is 0. The van der Waals surface area contributed by atoms with Gasteiger partial charge in [0.1, 0.15) is 11.3 Å². The summed E-state index contributed by atoms with van der Waals surface area (Å²) < 4.78 is 2.10. The van der Waals surface area contributed by atoms with E-state index in [0.29, 0.717) is 5.88 Å². The van der Waals surface area contributed by atoms with E-state index in [1.54, 1.807) is 0 Å². The second-order valence-electron chi connectivity index (χ2n) is 5.03. The Hall–Kier alpha value is -1.87. The first-order chi connectivity index (χ1) is 9.67. The Kier molecular flexibility index (Phi) is 3.45. The monoisotopic (exact) mass is 285 g/mol. The van der Waals surface area contributed by atoms with E-state index < -0.39 is 0 Å². The number of aromatic nitrogens is 3. The van der Waals surface area contributed by atoms with Crippen LogP contribution in [0.5, 0.6) is 0 Å². The average molecular weight is 286 g/mol. The Morgan fingerprint density at radius 2 is 1.75 bits per heavy atom. The largest absolute Gasteiger partial charge is 0.307 e. The third kappa shape index (κ3) is 2.41. The van der Waals surface area contributed by atoms with Crippen LogP contribution < -0.4 is 0 Å². The molecular formula is C16H16ClN3. The summed E-state index contributed by atoms with van der Waals surface area (Å²) in [6.07, 6.45) is 0. The molecule has 0 fully saturated rings. The molecule has 3 rings (SSSR count). The van der Waals surface area contributed by atoms with E-state index in [-0.39, 0.29) is 0 Å². The minimum atomic E-state index is 0.390. The molecule has 0 amide bonds. The van der Waals surface area contributed by atoms with Crippen molar-refractivity contribution in [1.29, 1.82) is 0 Å². The molecule has 0 atom stereocenters. The summed E-state index contributed by atoms with van der Waals surface area (Å²) in [6, 6.07) is 12.5. The van der Waals surface area contributed by atoms with Gasteiger partial charge >= 0.3 is 0 Å². The molecule has 0 N–H and O–H groups in total. The molecule has 3 aromatic rings. The number of fused-ring (bicyclic) bond motifs is 1. The molecule has 0 aliphatic carbocycles. The molecule has 0 unspecified atom stereocenters. The molecule has 0 saturated heterocycles. The van der Waals surface area contributed by atoms with Gasteiger partial charge in [-0.15, -0.1) is 11.6 Å². The van der Waals surface area contributed by atoms with Crippen LogP contribution in [0.15, 0.2) is 36.4 Å². The number of benzene rings is 1. The van der Waals surface area contributed by atoms with Gasteiger partial charge in [0.25, 0.3) is 0 Å². The minimum absolute atomic E-state index is 0.390. The molecule has 0 saturated carbocycles. The minimum Gasteiger partial charge on any atom is -0.307 e. The first kappa shape index (κ1) is 13.1. The molecule has 102 valence electrons. The second-order valence-corrected chi connectivity index (χ2v) is 5.30. The Morgan fingerprint density at radius 1 is 1.00 bits per heavy atom. The van der Waals surface area contributed by atoms with Crippen LogP contribution in [0.25, 0.3) is 11.2 Å². The second kappa shape index (κ2) is 5.25. The Balaban J connectivity index is 2.08. The maximum Gasteiger partial charge on any atom is 0.160 e. The molecule has 4 heteroatoms. The molecule has 0 spiro atoms. The average Bonchev–Trinajstić information content (AvgIpc) is 2.79. The quantitative estimate of drug-likeness (QED) is 0.685. The fourth-order valence-electron chi connectivity index (χ4n) is 2.29. The lowest BCUT2D eigenvalue weighted by atomic mass is 10.1. The van der Waals surface area contributed by atoms with Crippen molar-refractivity contribution >= 4 is 22.8 Å². The van der Waals surface area contributed by atoms with E-state index in [1.807, 2.05) is 19.1 Å². The van der Waals surface area contributed by atoms with Crippen molar-refractivity contribution in [1.82, 2.24) is 14.5 Å². The van der Waals surface area contributed by atoms with E-state index in [9.17, 15) is 0 Å². The predicted octanol–water partition coefficient (Wildman–Crippen LogP) is 3.84. The van der Waals surface area contributed by atoms with Gasteiger partial charge in [-0.05, 0) is 31.5 Å². The maximum atomic E-state index is 6.02. The fraction of sp³-hybridized carbons (Fsp3) is 0.250. The van der Waals surface area contributed by atoms with E-state index in [2.05, 4.69) is 45.7 Å². The normalized spacial score (nSPS) is 11.2. The van der Waals surface area contributed by atoms with E-state index in [4.69, 9.17) is 11.6 Å². The number of nitrogens with zero attached hydrogens (tertiary/aromatic N) is 3. The highest BCUT2D eigenvalue weighted by Crippen LogP contribution is 2.18. The maximum absolute atomic E-state index is 6.02. The summed E-state index contributed by atoms with van der Waals surface area (Å²) in [6.45, 7) is 4.82. The van der Waals surface area contributed by atoms with Crippen LogP contribution in [0, 0.1) is 13.8 Å². The molecule has 3 nitrogen and oxygen atoms in total. The number of imidazole rings is 1. The van der Waals surface area contributed by atoms with Gasteiger partial charge in [0, 0.05) is 5.69 Å². The molecule has 1 aromatic carbocycles. The summed E-state index contributed by atoms with van der Waals surface area (Å²) in [4.78, 5) is 9.15. The summed E-state index contributed by atoms with van der Waals surface area (Å²) >= 11 is 6.02. The predicted molar refractivity (Wildman–Crippen MR) is 82.1 cm³/mol. The number of halogens is 1. The summed E-state index contributed by atoms with van der Waals surface area (Å²) in [5.74, 6) is 1.25. The van der Waals surface area contributed by atoms with Gasteiger partial charge in [0.15, 0.2) is 5.65 Å². The number of alkyl halides is 1. The van der Waals surface area contributed by atoms with Gasteiger partial charge in [-0.25, -0.2) is 9.97 Å². The van der Waals surface area contributed by atoms with Crippen molar-refractivity contribution in [3.63, 3.8) is 0 Å². The standard InChI is InChI=1S/C16H16ClN3/c1-11-3-6-13(7-4-11)10-20-15(9-17)19-14-8-5-12(2)18-16(14)20/h3-8H,9-10H2,1-2H3. The lowest BCUT2D eigenvalue weighted by molar-refractivity contribution is 0.769.